The molecule has 0 spiro atoms. The van der Waals surface area contributed by atoms with Crippen LogP contribution >= 0.6 is 0 Å². The minimum atomic E-state index is -1.10. The van der Waals surface area contributed by atoms with E-state index < -0.39 is 11.9 Å². The lowest BCUT2D eigenvalue weighted by Gasteiger charge is -2.05. The van der Waals surface area contributed by atoms with E-state index in [-0.39, 0.29) is 11.1 Å². The summed E-state index contributed by atoms with van der Waals surface area (Å²) in [5.41, 5.74) is 0.920. The summed E-state index contributed by atoms with van der Waals surface area (Å²) in [6.45, 7) is 0. The van der Waals surface area contributed by atoms with Crippen LogP contribution in [0, 0.1) is 11.3 Å². The van der Waals surface area contributed by atoms with E-state index in [1.807, 2.05) is 6.07 Å². The number of hydrogen-bond donors (Lipinski definition) is 2. The number of amides is 1. The highest BCUT2D eigenvalue weighted by Gasteiger charge is 2.11. The van der Waals surface area contributed by atoms with Crippen LogP contribution in [0.2, 0.25) is 0 Å². The number of carbonyl (C=O) groups is 2. The first-order valence-corrected chi connectivity index (χ1v) is 6.94. The Morgan fingerprint density at radius 2 is 1.92 bits per heavy atom. The van der Waals surface area contributed by atoms with Crippen LogP contribution in [0.5, 0.6) is 5.75 Å². The van der Waals surface area contributed by atoms with E-state index in [2.05, 4.69) is 5.32 Å². The van der Waals surface area contributed by atoms with Gasteiger partial charge >= 0.3 is 5.97 Å². The summed E-state index contributed by atoms with van der Waals surface area (Å²) in [6, 6.07) is 14.5. The number of ether oxygens (including phenoxy) is 1. The second kappa shape index (κ2) is 7.61. The van der Waals surface area contributed by atoms with Crippen LogP contribution in [0.3, 0.4) is 0 Å². The van der Waals surface area contributed by atoms with Crippen molar-refractivity contribution in [3.63, 3.8) is 0 Å². The smallest absolute Gasteiger partial charge is 0.335 e. The van der Waals surface area contributed by atoms with Crippen molar-refractivity contribution >= 4 is 23.6 Å². The number of nitrogens with one attached hydrogen (secondary N) is 1. The summed E-state index contributed by atoms with van der Waals surface area (Å²) in [5, 5.41) is 20.6. The molecule has 0 saturated heterocycles. The zero-order chi connectivity index (χ0) is 17.5. The summed E-state index contributed by atoms with van der Waals surface area (Å²) in [4.78, 5) is 23.1. The molecule has 1 amide bonds. The highest BCUT2D eigenvalue weighted by atomic mass is 16.5. The van der Waals surface area contributed by atoms with Gasteiger partial charge in [-0.2, -0.15) is 5.26 Å². The molecule has 2 aromatic rings. The topological polar surface area (TPSA) is 99.4 Å². The molecule has 0 atom stereocenters. The van der Waals surface area contributed by atoms with Gasteiger partial charge in [0.2, 0.25) is 0 Å². The van der Waals surface area contributed by atoms with Crippen molar-refractivity contribution in [3.05, 3.63) is 65.2 Å². The van der Waals surface area contributed by atoms with Gasteiger partial charge in [0.05, 0.1) is 12.7 Å². The molecular weight excluding hydrogens is 308 g/mol. The summed E-state index contributed by atoms with van der Waals surface area (Å²) in [6.07, 6.45) is 1.44. The van der Waals surface area contributed by atoms with Crippen LogP contribution in [-0.2, 0) is 4.79 Å². The van der Waals surface area contributed by atoms with Gasteiger partial charge in [-0.05, 0) is 42.0 Å². The molecule has 2 N–H and O–H groups in total. The summed E-state index contributed by atoms with van der Waals surface area (Å²) >= 11 is 0. The Morgan fingerprint density at radius 1 is 1.21 bits per heavy atom. The Morgan fingerprint density at radius 3 is 2.50 bits per heavy atom. The molecule has 6 nitrogen and oxygen atoms in total. The van der Waals surface area contributed by atoms with Crippen molar-refractivity contribution in [1.82, 2.24) is 0 Å². The minimum Gasteiger partial charge on any atom is -0.497 e. The molecular formula is C18H14N2O4. The number of carboxylic acids is 1. The van der Waals surface area contributed by atoms with E-state index in [9.17, 15) is 14.9 Å². The lowest BCUT2D eigenvalue weighted by atomic mass is 10.1. The Bertz CT molecular complexity index is 833. The average Bonchev–Trinajstić information content (AvgIpc) is 2.60. The Balaban J connectivity index is 2.19. The number of hydrogen-bond acceptors (Lipinski definition) is 4. The number of benzene rings is 2. The molecule has 0 unspecified atom stereocenters. The highest BCUT2D eigenvalue weighted by molar-refractivity contribution is 6.10. The monoisotopic (exact) mass is 322 g/mol. The molecule has 2 aromatic carbocycles. The largest absolute Gasteiger partial charge is 0.497 e. The summed E-state index contributed by atoms with van der Waals surface area (Å²) in [5.74, 6) is -1.04. The molecule has 0 aliphatic heterocycles. The third-order valence-electron chi connectivity index (χ3n) is 3.16. The van der Waals surface area contributed by atoms with E-state index in [0.717, 1.165) is 0 Å². The molecule has 0 heterocycles. The molecule has 0 aliphatic carbocycles. The third-order valence-corrected chi connectivity index (χ3v) is 3.16. The van der Waals surface area contributed by atoms with E-state index >= 15 is 0 Å². The van der Waals surface area contributed by atoms with Gasteiger partial charge in [0, 0.05) is 5.69 Å². The highest BCUT2D eigenvalue weighted by Crippen LogP contribution is 2.16. The summed E-state index contributed by atoms with van der Waals surface area (Å²) < 4.78 is 5.04. The van der Waals surface area contributed by atoms with Crippen LogP contribution in [0.25, 0.3) is 6.08 Å². The van der Waals surface area contributed by atoms with Crippen molar-refractivity contribution in [3.8, 4) is 11.8 Å². The maximum absolute atomic E-state index is 12.2. The van der Waals surface area contributed by atoms with Gasteiger partial charge in [-0.1, -0.05) is 18.2 Å². The number of aromatic carboxylic acids is 1. The van der Waals surface area contributed by atoms with E-state index in [0.29, 0.717) is 17.0 Å². The fourth-order valence-corrected chi connectivity index (χ4v) is 1.94. The lowest BCUT2D eigenvalue weighted by molar-refractivity contribution is -0.112. The van der Waals surface area contributed by atoms with Gasteiger partial charge in [-0.15, -0.1) is 0 Å². The molecule has 6 heteroatoms. The third kappa shape index (κ3) is 4.21. The fourth-order valence-electron chi connectivity index (χ4n) is 1.94. The average molecular weight is 322 g/mol. The van der Waals surface area contributed by atoms with Crippen molar-refractivity contribution in [2.45, 2.75) is 0 Å². The van der Waals surface area contributed by atoms with Crippen molar-refractivity contribution in [2.75, 3.05) is 12.4 Å². The van der Waals surface area contributed by atoms with Gasteiger partial charge in [0.1, 0.15) is 17.4 Å². The van der Waals surface area contributed by atoms with E-state index in [1.165, 1.54) is 24.3 Å². The minimum absolute atomic E-state index is 0.0467. The molecule has 0 bridgehead atoms. The Labute approximate surface area is 138 Å². The maximum atomic E-state index is 12.2. The van der Waals surface area contributed by atoms with E-state index in [1.54, 1.807) is 37.4 Å². The molecule has 0 aromatic heterocycles. The number of nitrogens with zero attached hydrogens (tertiary/aromatic N) is 1. The molecule has 2 rings (SSSR count). The van der Waals surface area contributed by atoms with Crippen molar-refractivity contribution in [2.24, 2.45) is 0 Å². The van der Waals surface area contributed by atoms with Gasteiger partial charge in [-0.3, -0.25) is 4.79 Å². The number of carboxylic acid groups (broad SMARTS) is 1. The van der Waals surface area contributed by atoms with Gasteiger partial charge in [0.25, 0.3) is 5.91 Å². The first-order valence-electron chi connectivity index (χ1n) is 6.94. The number of carbonyl (C=O) groups excluding carboxylic acids is 1. The molecule has 0 aliphatic rings. The van der Waals surface area contributed by atoms with E-state index in [4.69, 9.17) is 9.84 Å². The van der Waals surface area contributed by atoms with Gasteiger partial charge in [-0.25, -0.2) is 4.79 Å². The second-order valence-electron chi connectivity index (χ2n) is 4.78. The molecule has 0 saturated carbocycles. The molecule has 0 radical (unpaired) electrons. The first kappa shape index (κ1) is 16.8. The fraction of sp³-hybridized carbons (Fsp3) is 0.0556. The molecule has 0 fully saturated rings. The zero-order valence-electron chi connectivity index (χ0n) is 12.8. The number of methoxy groups -OCH3 is 1. The van der Waals surface area contributed by atoms with Crippen LogP contribution in [0.1, 0.15) is 15.9 Å². The van der Waals surface area contributed by atoms with Gasteiger partial charge in [0.15, 0.2) is 0 Å². The van der Waals surface area contributed by atoms with Crippen molar-refractivity contribution in [1.29, 1.82) is 5.26 Å². The SMILES string of the molecule is COc1ccc(C=C(C#N)C(=O)Nc2cccc(C(=O)O)c2)cc1. The van der Waals surface area contributed by atoms with Crippen LogP contribution in [0.15, 0.2) is 54.1 Å². The van der Waals surface area contributed by atoms with Crippen LogP contribution in [0.4, 0.5) is 5.69 Å². The Kier molecular flexibility index (Phi) is 5.32. The second-order valence-corrected chi connectivity index (χ2v) is 4.78. The standard InChI is InChI=1S/C18H14N2O4/c1-24-16-7-5-12(6-8-16)9-14(11-19)17(21)20-15-4-2-3-13(10-15)18(22)23/h2-10H,1H3,(H,20,21)(H,22,23). The normalized spacial score (nSPS) is 10.6. The number of rotatable bonds is 5. The first-order chi connectivity index (χ1) is 11.5. The lowest BCUT2D eigenvalue weighted by Crippen LogP contribution is -2.13. The van der Waals surface area contributed by atoms with Crippen molar-refractivity contribution < 1.29 is 19.4 Å². The summed E-state index contributed by atoms with van der Waals surface area (Å²) in [7, 11) is 1.55. The van der Waals surface area contributed by atoms with Gasteiger partial charge < -0.3 is 15.2 Å². The predicted octanol–water partition coefficient (Wildman–Crippen LogP) is 2.94. The Hall–Kier alpha value is -3.59. The van der Waals surface area contributed by atoms with Crippen LogP contribution in [-0.4, -0.2) is 24.1 Å². The molecule has 24 heavy (non-hydrogen) atoms. The maximum Gasteiger partial charge on any atom is 0.335 e. The van der Waals surface area contributed by atoms with Crippen LogP contribution < -0.4 is 10.1 Å². The number of anilines is 1. The number of nitriles is 1. The quantitative estimate of drug-likeness (QED) is 0.651. The molecule has 120 valence electrons. The zero-order valence-corrected chi connectivity index (χ0v) is 12.8. The predicted molar refractivity (Wildman–Crippen MR) is 88.6 cm³/mol.